The first-order chi connectivity index (χ1) is 13.1. The predicted octanol–water partition coefficient (Wildman–Crippen LogP) is 1.58. The fraction of sp³-hybridized carbons (Fsp3) is 0.263. The van der Waals surface area contributed by atoms with Crippen molar-refractivity contribution in [3.8, 4) is 0 Å². The van der Waals surface area contributed by atoms with E-state index in [2.05, 4.69) is 4.98 Å². The van der Waals surface area contributed by atoms with Crippen molar-refractivity contribution in [1.29, 1.82) is 0 Å². The number of esters is 1. The second kappa shape index (κ2) is 6.96. The molecule has 0 fully saturated rings. The van der Waals surface area contributed by atoms with Gasteiger partial charge in [0.2, 0.25) is 5.91 Å². The van der Waals surface area contributed by atoms with Crippen molar-refractivity contribution in [2.24, 2.45) is 0 Å². The lowest BCUT2D eigenvalue weighted by molar-refractivity contribution is -0.154. The van der Waals surface area contributed by atoms with E-state index in [-0.39, 0.29) is 18.0 Å². The molecule has 0 aliphatic carbocycles. The molecule has 1 aliphatic rings. The molecule has 27 heavy (non-hydrogen) atoms. The lowest BCUT2D eigenvalue weighted by Gasteiger charge is -2.35. The number of benzene rings is 1. The van der Waals surface area contributed by atoms with Gasteiger partial charge in [-0.05, 0) is 22.6 Å². The molecule has 0 spiro atoms. The number of carbonyl (C=O) groups is 2. The summed E-state index contributed by atoms with van der Waals surface area (Å²) in [6.07, 6.45) is 1.77. The summed E-state index contributed by atoms with van der Waals surface area (Å²) in [6, 6.07) is 8.70. The molecule has 3 heterocycles. The predicted molar refractivity (Wildman–Crippen MR) is 100 cm³/mol. The lowest BCUT2D eigenvalue weighted by atomic mass is 9.94. The van der Waals surface area contributed by atoms with Gasteiger partial charge >= 0.3 is 5.97 Å². The standard InChI is InChI=1S/C19H17N3O4S/c1-26-19(25)15-8-12-4-2-3-5-13(12)9-22(15)16(23)10-21-11-20-17-14(18(21)24)6-7-27-17/h2-7,11,15H,8-10H2,1H3/t15-/m1/s1. The van der Waals surface area contributed by atoms with Gasteiger partial charge in [0, 0.05) is 13.0 Å². The molecule has 8 heteroatoms. The number of thiophene rings is 1. The maximum absolute atomic E-state index is 13.0. The lowest BCUT2D eigenvalue weighted by Crippen LogP contribution is -2.50. The Kier molecular flexibility index (Phi) is 4.49. The quantitative estimate of drug-likeness (QED) is 0.642. The van der Waals surface area contributed by atoms with Crippen LogP contribution in [-0.2, 0) is 33.8 Å². The van der Waals surface area contributed by atoms with Crippen LogP contribution in [0.5, 0.6) is 0 Å². The van der Waals surface area contributed by atoms with Gasteiger partial charge in [-0.25, -0.2) is 9.78 Å². The molecule has 1 aliphatic heterocycles. The van der Waals surface area contributed by atoms with Gasteiger partial charge in [-0.1, -0.05) is 24.3 Å². The zero-order chi connectivity index (χ0) is 19.0. The number of aromatic nitrogens is 2. The van der Waals surface area contributed by atoms with Crippen LogP contribution in [0.4, 0.5) is 0 Å². The monoisotopic (exact) mass is 383 g/mol. The largest absolute Gasteiger partial charge is 0.467 e. The summed E-state index contributed by atoms with van der Waals surface area (Å²) < 4.78 is 6.18. The fourth-order valence-corrected chi connectivity index (χ4v) is 4.10. The van der Waals surface area contributed by atoms with Crippen LogP contribution in [0.15, 0.2) is 46.8 Å². The maximum Gasteiger partial charge on any atom is 0.328 e. The summed E-state index contributed by atoms with van der Waals surface area (Å²) in [4.78, 5) is 44.1. The van der Waals surface area contributed by atoms with E-state index in [1.807, 2.05) is 24.3 Å². The van der Waals surface area contributed by atoms with Gasteiger partial charge in [0.15, 0.2) is 0 Å². The molecule has 0 unspecified atom stereocenters. The number of nitrogens with zero attached hydrogens (tertiary/aromatic N) is 3. The zero-order valence-corrected chi connectivity index (χ0v) is 15.4. The number of hydrogen-bond acceptors (Lipinski definition) is 6. The molecule has 0 saturated heterocycles. The molecule has 0 saturated carbocycles. The highest BCUT2D eigenvalue weighted by molar-refractivity contribution is 7.16. The summed E-state index contributed by atoms with van der Waals surface area (Å²) in [7, 11) is 1.31. The summed E-state index contributed by atoms with van der Waals surface area (Å²) >= 11 is 1.38. The van der Waals surface area contributed by atoms with E-state index in [1.165, 1.54) is 34.2 Å². The minimum atomic E-state index is -0.703. The van der Waals surface area contributed by atoms with Gasteiger partial charge in [-0.3, -0.25) is 14.2 Å². The van der Waals surface area contributed by atoms with E-state index in [0.29, 0.717) is 23.2 Å². The van der Waals surface area contributed by atoms with Crippen molar-refractivity contribution in [2.75, 3.05) is 7.11 Å². The molecule has 1 aromatic carbocycles. The Morgan fingerprint density at radius 1 is 1.26 bits per heavy atom. The molecule has 0 N–H and O–H groups in total. The summed E-state index contributed by atoms with van der Waals surface area (Å²) in [5.74, 6) is -0.782. The molecule has 4 rings (SSSR count). The SMILES string of the molecule is COC(=O)[C@H]1Cc2ccccc2CN1C(=O)Cn1cnc2sccc2c1=O. The Bertz CT molecular complexity index is 1090. The Morgan fingerprint density at radius 2 is 2.04 bits per heavy atom. The summed E-state index contributed by atoms with van der Waals surface area (Å²) in [5.41, 5.74) is 1.75. The summed E-state index contributed by atoms with van der Waals surface area (Å²) in [5, 5.41) is 2.28. The molecule has 2 aromatic heterocycles. The van der Waals surface area contributed by atoms with Gasteiger partial charge in [-0.15, -0.1) is 11.3 Å². The van der Waals surface area contributed by atoms with E-state index >= 15 is 0 Å². The number of ether oxygens (including phenoxy) is 1. The van der Waals surface area contributed by atoms with Crippen LogP contribution >= 0.6 is 11.3 Å². The molecular weight excluding hydrogens is 366 g/mol. The van der Waals surface area contributed by atoms with Gasteiger partial charge in [0.25, 0.3) is 5.56 Å². The number of carbonyl (C=O) groups excluding carboxylic acids is 2. The number of rotatable bonds is 3. The highest BCUT2D eigenvalue weighted by atomic mass is 32.1. The van der Waals surface area contributed by atoms with Gasteiger partial charge < -0.3 is 9.64 Å². The third kappa shape index (κ3) is 3.12. The van der Waals surface area contributed by atoms with Crippen molar-refractivity contribution in [2.45, 2.75) is 25.6 Å². The molecular formula is C19H17N3O4S. The Labute approximate surface area is 158 Å². The van der Waals surface area contributed by atoms with E-state index in [9.17, 15) is 14.4 Å². The van der Waals surface area contributed by atoms with Crippen molar-refractivity contribution < 1.29 is 14.3 Å². The Morgan fingerprint density at radius 3 is 2.81 bits per heavy atom. The Hall–Kier alpha value is -3.00. The van der Waals surface area contributed by atoms with Crippen LogP contribution < -0.4 is 5.56 Å². The van der Waals surface area contributed by atoms with Crippen molar-refractivity contribution in [3.05, 3.63) is 63.5 Å². The molecule has 138 valence electrons. The van der Waals surface area contributed by atoms with Crippen LogP contribution in [-0.4, -0.2) is 39.5 Å². The molecule has 7 nitrogen and oxygen atoms in total. The van der Waals surface area contributed by atoms with E-state index in [1.54, 1.807) is 11.4 Å². The first-order valence-electron chi connectivity index (χ1n) is 8.45. The minimum absolute atomic E-state index is 0.173. The average molecular weight is 383 g/mol. The van der Waals surface area contributed by atoms with Crippen molar-refractivity contribution >= 4 is 33.4 Å². The number of hydrogen-bond donors (Lipinski definition) is 0. The van der Waals surface area contributed by atoms with E-state index in [4.69, 9.17) is 4.74 Å². The summed E-state index contributed by atoms with van der Waals surface area (Å²) in [6.45, 7) is 0.130. The first-order valence-corrected chi connectivity index (χ1v) is 9.33. The molecule has 0 radical (unpaired) electrons. The fourth-order valence-electron chi connectivity index (χ4n) is 3.37. The van der Waals surface area contributed by atoms with Crippen LogP contribution in [0.25, 0.3) is 10.2 Å². The second-order valence-corrected chi connectivity index (χ2v) is 7.25. The number of amides is 1. The van der Waals surface area contributed by atoms with Crippen LogP contribution in [0, 0.1) is 0 Å². The zero-order valence-electron chi connectivity index (χ0n) is 14.6. The highest BCUT2D eigenvalue weighted by Crippen LogP contribution is 2.24. The highest BCUT2D eigenvalue weighted by Gasteiger charge is 2.35. The smallest absolute Gasteiger partial charge is 0.328 e. The maximum atomic E-state index is 13.0. The van der Waals surface area contributed by atoms with Gasteiger partial charge in [-0.2, -0.15) is 0 Å². The van der Waals surface area contributed by atoms with Crippen molar-refractivity contribution in [1.82, 2.24) is 14.5 Å². The molecule has 0 bridgehead atoms. The average Bonchev–Trinajstić information content (AvgIpc) is 3.18. The second-order valence-electron chi connectivity index (χ2n) is 6.35. The van der Waals surface area contributed by atoms with Gasteiger partial charge in [0.1, 0.15) is 17.4 Å². The topological polar surface area (TPSA) is 81.5 Å². The van der Waals surface area contributed by atoms with E-state index < -0.39 is 12.0 Å². The molecule has 1 amide bonds. The van der Waals surface area contributed by atoms with Crippen LogP contribution in [0.3, 0.4) is 0 Å². The number of methoxy groups -OCH3 is 1. The van der Waals surface area contributed by atoms with E-state index in [0.717, 1.165) is 11.1 Å². The van der Waals surface area contributed by atoms with Crippen LogP contribution in [0.1, 0.15) is 11.1 Å². The Balaban J connectivity index is 1.65. The molecule has 1 atom stereocenters. The number of fused-ring (bicyclic) bond motifs is 2. The van der Waals surface area contributed by atoms with Gasteiger partial charge in [0.05, 0.1) is 18.8 Å². The van der Waals surface area contributed by atoms with Crippen LogP contribution in [0.2, 0.25) is 0 Å². The normalized spacial score (nSPS) is 16.2. The third-order valence-corrected chi connectivity index (χ3v) is 5.62. The first kappa shape index (κ1) is 17.4. The van der Waals surface area contributed by atoms with Crippen molar-refractivity contribution in [3.63, 3.8) is 0 Å². The third-order valence-electron chi connectivity index (χ3n) is 4.80. The minimum Gasteiger partial charge on any atom is -0.467 e. The molecule has 3 aromatic rings.